The van der Waals surface area contributed by atoms with Crippen LogP contribution in [-0.4, -0.2) is 30.3 Å². The first-order chi connectivity index (χ1) is 13.8. The van der Waals surface area contributed by atoms with Crippen LogP contribution in [0.4, 0.5) is 38.4 Å². The summed E-state index contributed by atoms with van der Waals surface area (Å²) in [5, 5.41) is 16.8. The molecular weight excluding hydrogens is 462 g/mol. The lowest BCUT2D eigenvalue weighted by molar-refractivity contribution is -0.141. The smallest absolute Gasteiger partial charge is 0.388 e. The Labute approximate surface area is 169 Å². The van der Waals surface area contributed by atoms with Crippen molar-refractivity contribution >= 4 is 21.8 Å². The molecule has 0 saturated carbocycles. The van der Waals surface area contributed by atoms with E-state index in [0.29, 0.717) is 18.2 Å². The van der Waals surface area contributed by atoms with E-state index in [0.717, 1.165) is 10.8 Å². The standard InChI is InChI=1S/C16H15F8N5OS/c1-15(2,30)13(9-3-5-10(6-4-9)31(20,21,22,23)24)28-12-7-11(16(17,18)19)27-14-25-8-26-29(12)14/h3-8,13,28,30H,1-2H3/t13-/m0/s1. The quantitative estimate of drug-likeness (QED) is 0.460. The first-order valence-corrected chi connectivity index (χ1v) is 10.3. The van der Waals surface area contributed by atoms with Gasteiger partial charge in [0.2, 0.25) is 0 Å². The number of alkyl halides is 3. The summed E-state index contributed by atoms with van der Waals surface area (Å²) in [6.07, 6.45) is -3.92. The van der Waals surface area contributed by atoms with Gasteiger partial charge < -0.3 is 10.4 Å². The maximum absolute atomic E-state index is 13.2. The van der Waals surface area contributed by atoms with E-state index >= 15 is 0 Å². The van der Waals surface area contributed by atoms with Crippen LogP contribution >= 0.6 is 10.2 Å². The highest BCUT2D eigenvalue weighted by molar-refractivity contribution is 8.45. The van der Waals surface area contributed by atoms with Crippen molar-refractivity contribution in [3.8, 4) is 0 Å². The Kier molecular flexibility index (Phi) is 4.59. The third kappa shape index (κ3) is 4.98. The number of hydrogen-bond donors (Lipinski definition) is 2. The summed E-state index contributed by atoms with van der Waals surface area (Å²) in [6.45, 7) is 2.46. The Bertz CT molecular complexity index is 1120. The van der Waals surface area contributed by atoms with Gasteiger partial charge in [-0.15, -0.1) is 0 Å². The molecule has 2 heterocycles. The molecule has 0 bridgehead atoms. The minimum Gasteiger partial charge on any atom is -0.388 e. The minimum atomic E-state index is -9.92. The number of benzene rings is 1. The summed E-state index contributed by atoms with van der Waals surface area (Å²) in [5.74, 6) is -0.762. The van der Waals surface area contributed by atoms with Crippen LogP contribution in [0.2, 0.25) is 0 Å². The van der Waals surface area contributed by atoms with Crippen LogP contribution in [0.5, 0.6) is 0 Å². The Morgan fingerprint density at radius 1 is 1.03 bits per heavy atom. The van der Waals surface area contributed by atoms with E-state index in [-0.39, 0.29) is 23.5 Å². The largest absolute Gasteiger partial charge is 0.433 e. The lowest BCUT2D eigenvalue weighted by atomic mass is 9.92. The van der Waals surface area contributed by atoms with Gasteiger partial charge in [0.1, 0.15) is 17.0 Å². The molecule has 0 aliphatic rings. The molecule has 15 heteroatoms. The van der Waals surface area contributed by atoms with Crippen molar-refractivity contribution < 1.29 is 37.7 Å². The topological polar surface area (TPSA) is 75.3 Å². The molecule has 0 fully saturated rings. The minimum absolute atomic E-state index is 0.100. The summed E-state index contributed by atoms with van der Waals surface area (Å²) < 4.78 is 105. The van der Waals surface area contributed by atoms with Crippen molar-refractivity contribution in [2.75, 3.05) is 5.32 Å². The number of fused-ring (bicyclic) bond motifs is 1. The highest BCUT2D eigenvalue weighted by Gasteiger charge is 2.65. The molecule has 0 saturated heterocycles. The second-order valence-corrected chi connectivity index (χ2v) is 9.67. The molecule has 0 spiro atoms. The zero-order valence-corrected chi connectivity index (χ0v) is 16.5. The lowest BCUT2D eigenvalue weighted by Gasteiger charge is -2.40. The van der Waals surface area contributed by atoms with Crippen molar-refractivity contribution in [3.05, 3.63) is 47.9 Å². The van der Waals surface area contributed by atoms with Gasteiger partial charge in [-0.05, 0) is 31.5 Å². The number of nitrogens with zero attached hydrogens (tertiary/aromatic N) is 4. The molecule has 2 N–H and O–H groups in total. The zero-order valence-electron chi connectivity index (χ0n) is 15.7. The van der Waals surface area contributed by atoms with Crippen molar-refractivity contribution in [3.63, 3.8) is 0 Å². The number of nitrogens with one attached hydrogen (secondary N) is 1. The summed E-state index contributed by atoms with van der Waals surface area (Å²) in [4.78, 5) is 4.77. The van der Waals surface area contributed by atoms with E-state index in [2.05, 4.69) is 20.4 Å². The molecule has 0 aliphatic heterocycles. The number of rotatable bonds is 5. The molecule has 1 atom stereocenters. The predicted molar refractivity (Wildman–Crippen MR) is 96.3 cm³/mol. The van der Waals surface area contributed by atoms with Crippen LogP contribution in [0.1, 0.15) is 31.1 Å². The molecule has 2 aromatic heterocycles. The van der Waals surface area contributed by atoms with E-state index in [4.69, 9.17) is 0 Å². The Balaban J connectivity index is 2.08. The van der Waals surface area contributed by atoms with Gasteiger partial charge in [-0.1, -0.05) is 31.6 Å². The van der Waals surface area contributed by atoms with E-state index in [1.165, 1.54) is 13.8 Å². The van der Waals surface area contributed by atoms with Crippen LogP contribution in [0.3, 0.4) is 0 Å². The molecule has 3 aromatic rings. The van der Waals surface area contributed by atoms with Crippen molar-refractivity contribution in [2.45, 2.75) is 36.6 Å². The summed E-state index contributed by atoms with van der Waals surface area (Å²) in [5.41, 5.74) is -3.19. The predicted octanol–water partition coefficient (Wildman–Crippen LogP) is 5.72. The van der Waals surface area contributed by atoms with Gasteiger partial charge in [-0.2, -0.15) is 27.8 Å². The third-order valence-corrected chi connectivity index (χ3v) is 5.36. The van der Waals surface area contributed by atoms with Gasteiger partial charge in [-0.25, -0.2) is 4.98 Å². The number of aromatic nitrogens is 4. The van der Waals surface area contributed by atoms with Gasteiger partial charge in [0.05, 0.1) is 11.6 Å². The normalized spacial score (nSPS) is 16.6. The van der Waals surface area contributed by atoms with Crippen molar-refractivity contribution in [1.29, 1.82) is 0 Å². The number of halogens is 8. The average Bonchev–Trinajstić information content (AvgIpc) is 3.04. The molecular formula is C16H15F8N5OS. The number of hydrogen-bond acceptors (Lipinski definition) is 5. The van der Waals surface area contributed by atoms with Gasteiger partial charge >= 0.3 is 16.4 Å². The van der Waals surface area contributed by atoms with E-state index in [1.54, 1.807) is 0 Å². The molecule has 0 amide bonds. The summed E-state index contributed by atoms with van der Waals surface area (Å²) in [7, 11) is -9.92. The fraction of sp³-hybridized carbons (Fsp3) is 0.312. The fourth-order valence-electron chi connectivity index (χ4n) is 2.79. The molecule has 0 radical (unpaired) electrons. The highest BCUT2D eigenvalue weighted by atomic mass is 32.5. The second-order valence-electron chi connectivity index (χ2n) is 7.27. The molecule has 0 aliphatic carbocycles. The van der Waals surface area contributed by atoms with E-state index in [1.807, 2.05) is 0 Å². The fourth-order valence-corrected chi connectivity index (χ4v) is 3.44. The number of anilines is 1. The monoisotopic (exact) mass is 477 g/mol. The van der Waals surface area contributed by atoms with Gasteiger partial charge in [0, 0.05) is 6.07 Å². The average molecular weight is 477 g/mol. The van der Waals surface area contributed by atoms with E-state index < -0.39 is 44.4 Å². The number of aliphatic hydroxyl groups is 1. The molecule has 1 aromatic carbocycles. The van der Waals surface area contributed by atoms with Crippen molar-refractivity contribution in [1.82, 2.24) is 19.6 Å². The second kappa shape index (κ2) is 6.18. The summed E-state index contributed by atoms with van der Waals surface area (Å²) >= 11 is 0. The van der Waals surface area contributed by atoms with Crippen LogP contribution in [-0.2, 0) is 6.18 Å². The maximum atomic E-state index is 13.2. The summed E-state index contributed by atoms with van der Waals surface area (Å²) in [6, 6.07) is 0.951. The van der Waals surface area contributed by atoms with Crippen LogP contribution in [0.25, 0.3) is 5.78 Å². The zero-order chi connectivity index (χ0) is 23.5. The van der Waals surface area contributed by atoms with Crippen LogP contribution in [0, 0.1) is 0 Å². The van der Waals surface area contributed by atoms with Crippen molar-refractivity contribution in [2.24, 2.45) is 0 Å². The highest BCUT2D eigenvalue weighted by Crippen LogP contribution is 3.02. The Morgan fingerprint density at radius 3 is 2.10 bits per heavy atom. The van der Waals surface area contributed by atoms with Gasteiger partial charge in [0.15, 0.2) is 5.69 Å². The Hall–Kier alpha value is -2.68. The molecule has 6 nitrogen and oxygen atoms in total. The first kappa shape index (κ1) is 23.0. The van der Waals surface area contributed by atoms with E-state index in [9.17, 15) is 37.7 Å². The molecule has 31 heavy (non-hydrogen) atoms. The first-order valence-electron chi connectivity index (χ1n) is 8.37. The SMILES string of the molecule is CC(C)(O)[C@@H](Nc1cc(C(F)(F)F)nc2ncnn12)c1ccc(S(F)(F)(F)(F)F)cc1. The molecule has 3 rings (SSSR count). The van der Waals surface area contributed by atoms with Gasteiger partial charge in [0.25, 0.3) is 5.78 Å². The molecule has 0 unspecified atom stereocenters. The van der Waals surface area contributed by atoms with Gasteiger partial charge in [-0.3, -0.25) is 0 Å². The van der Waals surface area contributed by atoms with Crippen LogP contribution < -0.4 is 5.32 Å². The third-order valence-electron chi connectivity index (χ3n) is 4.20. The Morgan fingerprint density at radius 2 is 1.61 bits per heavy atom. The van der Waals surface area contributed by atoms with Crippen LogP contribution in [0.15, 0.2) is 41.6 Å². The lowest BCUT2D eigenvalue weighted by Crippen LogP contribution is -2.35. The molecule has 172 valence electrons. The maximum Gasteiger partial charge on any atom is 0.433 e.